The molecule has 1 unspecified atom stereocenters. The van der Waals surface area contributed by atoms with Crippen molar-refractivity contribution in [1.82, 2.24) is 15.7 Å². The number of aryl methyl sites for hydroxylation is 1. The molecule has 0 aliphatic carbocycles. The van der Waals surface area contributed by atoms with Gasteiger partial charge in [-0.15, -0.1) is 0 Å². The number of rotatable bonds is 5. The Bertz CT molecular complexity index is 802. The summed E-state index contributed by atoms with van der Waals surface area (Å²) in [5, 5.41) is 11.1. The zero-order valence-corrected chi connectivity index (χ0v) is 14.8. The zero-order chi connectivity index (χ0) is 19.3. The van der Waals surface area contributed by atoms with Crippen LogP contribution < -0.4 is 10.8 Å². The fourth-order valence-corrected chi connectivity index (χ4v) is 2.62. The average molecular weight is 355 g/mol. The standard InChI is InChI=1S/C19H21N3O4/c1-12-5-4-6-15(11-12)13-7-9-14(10-8-13)19(25)22(3)16(17(23)20-2)18(24)21-26/h4-11,16,26H,1-3H3,(H,20,23)(H,21,24). The van der Waals surface area contributed by atoms with Crippen LogP contribution in [0.15, 0.2) is 48.5 Å². The predicted molar refractivity (Wildman–Crippen MR) is 96.5 cm³/mol. The lowest BCUT2D eigenvalue weighted by atomic mass is 10.0. The molecule has 3 N–H and O–H groups in total. The van der Waals surface area contributed by atoms with Gasteiger partial charge in [-0.1, -0.05) is 42.0 Å². The van der Waals surface area contributed by atoms with E-state index in [2.05, 4.69) is 5.32 Å². The summed E-state index contributed by atoms with van der Waals surface area (Å²) < 4.78 is 0. The number of nitrogens with one attached hydrogen (secondary N) is 2. The Labute approximate surface area is 151 Å². The highest BCUT2D eigenvalue weighted by Crippen LogP contribution is 2.21. The van der Waals surface area contributed by atoms with Gasteiger partial charge < -0.3 is 10.2 Å². The van der Waals surface area contributed by atoms with Gasteiger partial charge in [-0.2, -0.15) is 0 Å². The van der Waals surface area contributed by atoms with E-state index in [1.165, 1.54) is 19.6 Å². The summed E-state index contributed by atoms with van der Waals surface area (Å²) >= 11 is 0. The van der Waals surface area contributed by atoms with Crippen molar-refractivity contribution in [2.45, 2.75) is 13.0 Å². The molecule has 0 heterocycles. The lowest BCUT2D eigenvalue weighted by molar-refractivity contribution is -0.140. The maximum absolute atomic E-state index is 12.6. The maximum atomic E-state index is 12.6. The van der Waals surface area contributed by atoms with Crippen LogP contribution in [0.2, 0.25) is 0 Å². The Hall–Kier alpha value is -3.19. The second kappa shape index (κ2) is 8.26. The number of amides is 3. The number of likely N-dealkylation sites (N-methyl/N-ethyl adjacent to an activating group) is 2. The smallest absolute Gasteiger partial charge is 0.275 e. The van der Waals surface area contributed by atoms with Crippen LogP contribution in [0.4, 0.5) is 0 Å². The van der Waals surface area contributed by atoms with Crippen LogP contribution >= 0.6 is 0 Å². The minimum absolute atomic E-state index is 0.323. The minimum Gasteiger partial charge on any atom is -0.357 e. The van der Waals surface area contributed by atoms with E-state index in [1.54, 1.807) is 24.3 Å². The third kappa shape index (κ3) is 4.07. The van der Waals surface area contributed by atoms with E-state index in [9.17, 15) is 14.4 Å². The molecule has 2 aromatic carbocycles. The maximum Gasteiger partial charge on any atom is 0.275 e. The van der Waals surface area contributed by atoms with Crippen molar-refractivity contribution in [2.75, 3.05) is 14.1 Å². The molecule has 1 atom stereocenters. The molecule has 3 amide bonds. The zero-order valence-electron chi connectivity index (χ0n) is 14.8. The van der Waals surface area contributed by atoms with Crippen molar-refractivity contribution in [3.05, 3.63) is 59.7 Å². The van der Waals surface area contributed by atoms with Gasteiger partial charge >= 0.3 is 0 Å². The lowest BCUT2D eigenvalue weighted by Crippen LogP contribution is -2.54. The monoisotopic (exact) mass is 355 g/mol. The van der Waals surface area contributed by atoms with E-state index in [1.807, 2.05) is 31.2 Å². The Morgan fingerprint density at radius 3 is 2.19 bits per heavy atom. The molecular weight excluding hydrogens is 334 g/mol. The van der Waals surface area contributed by atoms with E-state index >= 15 is 0 Å². The molecule has 136 valence electrons. The van der Waals surface area contributed by atoms with Crippen LogP contribution in [0, 0.1) is 6.92 Å². The Kier molecular flexibility index (Phi) is 6.08. The molecule has 0 aromatic heterocycles. The fourth-order valence-electron chi connectivity index (χ4n) is 2.62. The average Bonchev–Trinajstić information content (AvgIpc) is 2.67. The topological polar surface area (TPSA) is 98.7 Å². The second-order valence-corrected chi connectivity index (χ2v) is 5.86. The minimum atomic E-state index is -1.48. The Morgan fingerprint density at radius 1 is 1.00 bits per heavy atom. The number of benzene rings is 2. The van der Waals surface area contributed by atoms with Crippen molar-refractivity contribution >= 4 is 17.7 Å². The summed E-state index contributed by atoms with van der Waals surface area (Å²) in [6, 6.07) is 13.4. The Balaban J connectivity index is 2.25. The summed E-state index contributed by atoms with van der Waals surface area (Å²) in [6.07, 6.45) is 0. The van der Waals surface area contributed by atoms with Crippen LogP contribution in [0.5, 0.6) is 0 Å². The van der Waals surface area contributed by atoms with Gasteiger partial charge in [0.2, 0.25) is 0 Å². The first kappa shape index (κ1) is 19.1. The van der Waals surface area contributed by atoms with E-state index < -0.39 is 23.8 Å². The third-order valence-electron chi connectivity index (χ3n) is 4.04. The normalized spacial score (nSPS) is 11.4. The summed E-state index contributed by atoms with van der Waals surface area (Å²) in [4.78, 5) is 37.2. The number of hydrogen-bond donors (Lipinski definition) is 3. The number of hydrogen-bond acceptors (Lipinski definition) is 4. The van der Waals surface area contributed by atoms with E-state index in [-0.39, 0.29) is 0 Å². The highest BCUT2D eigenvalue weighted by molar-refractivity contribution is 6.08. The molecule has 0 radical (unpaired) electrons. The first-order valence-corrected chi connectivity index (χ1v) is 7.99. The molecule has 7 heteroatoms. The highest BCUT2D eigenvalue weighted by Gasteiger charge is 2.33. The van der Waals surface area contributed by atoms with Crippen molar-refractivity contribution in [3.63, 3.8) is 0 Å². The Morgan fingerprint density at radius 2 is 1.65 bits per heavy atom. The van der Waals surface area contributed by atoms with Gasteiger partial charge in [0, 0.05) is 19.7 Å². The summed E-state index contributed by atoms with van der Waals surface area (Å²) in [6.45, 7) is 2.00. The van der Waals surface area contributed by atoms with Gasteiger partial charge in [0.25, 0.3) is 17.7 Å². The van der Waals surface area contributed by atoms with Crippen LogP contribution in [-0.2, 0) is 9.59 Å². The van der Waals surface area contributed by atoms with Crippen LogP contribution in [0.25, 0.3) is 11.1 Å². The number of carbonyl (C=O) groups is 3. The molecule has 7 nitrogen and oxygen atoms in total. The summed E-state index contributed by atoms with van der Waals surface area (Å²) in [5.74, 6) is -2.21. The van der Waals surface area contributed by atoms with Crippen molar-refractivity contribution in [2.24, 2.45) is 0 Å². The molecule has 2 aromatic rings. The van der Waals surface area contributed by atoms with Crippen LogP contribution in [0.1, 0.15) is 15.9 Å². The van der Waals surface area contributed by atoms with E-state index in [0.29, 0.717) is 5.56 Å². The van der Waals surface area contributed by atoms with Crippen molar-refractivity contribution in [3.8, 4) is 11.1 Å². The van der Waals surface area contributed by atoms with Gasteiger partial charge in [0.15, 0.2) is 6.04 Å². The molecule has 0 spiro atoms. The molecular formula is C19H21N3O4. The fraction of sp³-hybridized carbons (Fsp3) is 0.211. The number of carbonyl (C=O) groups excluding carboxylic acids is 3. The SMILES string of the molecule is CNC(=O)C(C(=O)NO)N(C)C(=O)c1ccc(-c2cccc(C)c2)cc1. The third-order valence-corrected chi connectivity index (χ3v) is 4.04. The molecule has 0 saturated carbocycles. The quantitative estimate of drug-likeness (QED) is 0.428. The summed E-state index contributed by atoms with van der Waals surface area (Å²) in [5.41, 5.74) is 4.84. The predicted octanol–water partition coefficient (Wildman–Crippen LogP) is 1.35. The largest absolute Gasteiger partial charge is 0.357 e. The number of hydroxylamine groups is 1. The van der Waals surface area contributed by atoms with Crippen LogP contribution in [-0.4, -0.2) is 48.0 Å². The lowest BCUT2D eigenvalue weighted by Gasteiger charge is -2.25. The second-order valence-electron chi connectivity index (χ2n) is 5.86. The van der Waals surface area contributed by atoms with Gasteiger partial charge in [-0.05, 0) is 30.2 Å². The molecule has 0 bridgehead atoms. The van der Waals surface area contributed by atoms with Crippen molar-refractivity contribution < 1.29 is 19.6 Å². The van der Waals surface area contributed by atoms with Gasteiger partial charge in [-0.3, -0.25) is 19.6 Å². The molecule has 0 saturated heterocycles. The molecule has 26 heavy (non-hydrogen) atoms. The van der Waals surface area contributed by atoms with Gasteiger partial charge in [0.1, 0.15) is 0 Å². The van der Waals surface area contributed by atoms with E-state index in [4.69, 9.17) is 5.21 Å². The van der Waals surface area contributed by atoms with Gasteiger partial charge in [0.05, 0.1) is 0 Å². The first-order chi connectivity index (χ1) is 12.4. The highest BCUT2D eigenvalue weighted by atomic mass is 16.5. The van der Waals surface area contributed by atoms with E-state index in [0.717, 1.165) is 21.6 Å². The summed E-state index contributed by atoms with van der Waals surface area (Å²) in [7, 11) is 2.67. The molecule has 0 aliphatic heterocycles. The van der Waals surface area contributed by atoms with Gasteiger partial charge in [-0.25, -0.2) is 5.48 Å². The molecule has 0 aliphatic rings. The van der Waals surface area contributed by atoms with Crippen molar-refractivity contribution in [1.29, 1.82) is 0 Å². The number of nitrogens with zero attached hydrogens (tertiary/aromatic N) is 1. The van der Waals surface area contributed by atoms with Crippen LogP contribution in [0.3, 0.4) is 0 Å². The molecule has 0 fully saturated rings. The first-order valence-electron chi connectivity index (χ1n) is 7.99. The molecule has 2 rings (SSSR count).